The zero-order valence-electron chi connectivity index (χ0n) is 23.7. The zero-order chi connectivity index (χ0) is 30.8. The van der Waals surface area contributed by atoms with E-state index in [0.29, 0.717) is 36.0 Å². The smallest absolute Gasteiger partial charge is 0.417 e. The predicted molar refractivity (Wildman–Crippen MR) is 163 cm³/mol. The van der Waals surface area contributed by atoms with E-state index in [1.807, 2.05) is 35.2 Å². The van der Waals surface area contributed by atoms with Crippen molar-refractivity contribution in [3.8, 4) is 17.1 Å². The van der Waals surface area contributed by atoms with Crippen LogP contribution in [0.3, 0.4) is 0 Å². The summed E-state index contributed by atoms with van der Waals surface area (Å²) in [6.07, 6.45) is -3.31. The molecule has 0 spiro atoms. The van der Waals surface area contributed by atoms with Gasteiger partial charge in [0.2, 0.25) is 5.91 Å². The summed E-state index contributed by atoms with van der Waals surface area (Å²) >= 11 is 1.10. The largest absolute Gasteiger partial charge is 0.497 e. The van der Waals surface area contributed by atoms with Gasteiger partial charge in [0.25, 0.3) is 5.56 Å². The van der Waals surface area contributed by atoms with Crippen LogP contribution in [-0.2, 0) is 24.1 Å². The summed E-state index contributed by atoms with van der Waals surface area (Å²) in [5.41, 5.74) is 0.0197. The van der Waals surface area contributed by atoms with Gasteiger partial charge in [0, 0.05) is 18.7 Å². The van der Waals surface area contributed by atoms with E-state index >= 15 is 0 Å². The van der Waals surface area contributed by atoms with Crippen molar-refractivity contribution >= 4 is 32.7 Å². The Bertz CT molecular complexity index is 1860. The first kappa shape index (κ1) is 29.4. The molecule has 2 aromatic heterocycles. The Morgan fingerprint density at radius 3 is 2.45 bits per heavy atom. The number of hydrogen-bond acceptors (Lipinski definition) is 7. The summed E-state index contributed by atoms with van der Waals surface area (Å²) in [6.45, 7) is 0.894. The molecule has 226 valence electrons. The van der Waals surface area contributed by atoms with Gasteiger partial charge in [-0.3, -0.25) is 14.2 Å². The second-order valence-electron chi connectivity index (χ2n) is 10.4. The van der Waals surface area contributed by atoms with Crippen molar-refractivity contribution in [3.05, 3.63) is 106 Å². The maximum Gasteiger partial charge on any atom is 0.417 e. The summed E-state index contributed by atoms with van der Waals surface area (Å²) in [4.78, 5) is 38.4. The highest BCUT2D eigenvalue weighted by atomic mass is 32.1. The molecule has 0 aliphatic carbocycles. The third kappa shape index (κ3) is 5.89. The molecule has 6 rings (SSSR count). The van der Waals surface area contributed by atoms with Gasteiger partial charge >= 0.3 is 6.18 Å². The second kappa shape index (κ2) is 12.1. The normalized spacial score (nSPS) is 15.1. The minimum Gasteiger partial charge on any atom is -0.497 e. The highest BCUT2D eigenvalue weighted by Crippen LogP contribution is 2.38. The van der Waals surface area contributed by atoms with Crippen molar-refractivity contribution in [1.29, 1.82) is 0 Å². The third-order valence-electron chi connectivity index (χ3n) is 7.59. The van der Waals surface area contributed by atoms with Crippen LogP contribution in [0, 0.1) is 0 Å². The highest BCUT2D eigenvalue weighted by molar-refractivity contribution is 7.21. The van der Waals surface area contributed by atoms with Gasteiger partial charge in [-0.1, -0.05) is 72.0 Å². The topological polar surface area (TPSA) is 89.3 Å². The lowest BCUT2D eigenvalue weighted by Gasteiger charge is -2.23. The number of alkyl halides is 3. The molecule has 5 aromatic rings. The van der Waals surface area contributed by atoms with Gasteiger partial charge < -0.3 is 15.0 Å². The molecule has 44 heavy (non-hydrogen) atoms. The maximum atomic E-state index is 14.1. The van der Waals surface area contributed by atoms with Crippen LogP contribution >= 0.6 is 11.3 Å². The SMILES string of the molecule is COc1ccc(Cn2c(-c3ccccc3C(F)(F)F)nc3sc(N4CCCC4C(=O)NCc4ccccc4)nc3c2=O)cc1. The number of ether oxygens (including phenoxy) is 1. The number of carbonyl (C=O) groups is 1. The summed E-state index contributed by atoms with van der Waals surface area (Å²) in [5, 5.41) is 3.41. The summed E-state index contributed by atoms with van der Waals surface area (Å²) in [6, 6.07) is 21.1. The first-order chi connectivity index (χ1) is 21.2. The molecule has 1 fully saturated rings. The van der Waals surface area contributed by atoms with Crippen LogP contribution < -0.4 is 20.5 Å². The molecule has 12 heteroatoms. The minimum absolute atomic E-state index is 0.0333. The molecule has 8 nitrogen and oxygen atoms in total. The van der Waals surface area contributed by atoms with E-state index in [9.17, 15) is 22.8 Å². The monoisotopic (exact) mass is 619 g/mol. The van der Waals surface area contributed by atoms with E-state index in [4.69, 9.17) is 4.74 Å². The Morgan fingerprint density at radius 2 is 1.73 bits per heavy atom. The standard InChI is InChI=1S/C32H28F3N5O3S/c1-43-22-15-13-21(14-16-22)19-40-27(23-10-5-6-11-24(23)32(33,34)35)38-29-26(30(40)42)37-31(44-29)39-17-7-12-25(39)28(41)36-18-20-8-3-2-4-9-20/h2-6,8-11,13-16,25H,7,12,17-19H2,1H3,(H,36,41). The first-order valence-electron chi connectivity index (χ1n) is 14.0. The third-order valence-corrected chi connectivity index (χ3v) is 8.58. The number of anilines is 1. The average molecular weight is 620 g/mol. The van der Waals surface area contributed by atoms with Gasteiger partial charge in [-0.2, -0.15) is 13.2 Å². The number of hydrogen-bond donors (Lipinski definition) is 1. The van der Waals surface area contributed by atoms with E-state index in [2.05, 4.69) is 15.3 Å². The second-order valence-corrected chi connectivity index (χ2v) is 11.4. The molecule has 1 N–H and O–H groups in total. The number of aromatic nitrogens is 3. The Hall–Kier alpha value is -4.71. The summed E-state index contributed by atoms with van der Waals surface area (Å²) in [5.74, 6) is 0.338. The van der Waals surface area contributed by atoms with Crippen molar-refractivity contribution in [2.75, 3.05) is 18.6 Å². The number of carbonyl (C=O) groups excluding carboxylic acids is 1. The highest BCUT2D eigenvalue weighted by Gasteiger charge is 2.36. The van der Waals surface area contributed by atoms with Crippen molar-refractivity contribution in [2.24, 2.45) is 0 Å². The number of fused-ring (bicyclic) bond motifs is 1. The number of halogens is 3. The Kier molecular flexibility index (Phi) is 8.09. The number of nitrogens with one attached hydrogen (secondary N) is 1. The Labute approximate surface area is 254 Å². The van der Waals surface area contributed by atoms with Crippen molar-refractivity contribution in [3.63, 3.8) is 0 Å². The molecule has 1 atom stereocenters. The minimum atomic E-state index is -4.66. The number of thiazole rings is 1. The van der Waals surface area contributed by atoms with E-state index < -0.39 is 23.3 Å². The fraction of sp³-hybridized carbons (Fsp3) is 0.250. The van der Waals surface area contributed by atoms with Gasteiger partial charge in [-0.15, -0.1) is 0 Å². The number of nitrogens with zero attached hydrogens (tertiary/aromatic N) is 4. The lowest BCUT2D eigenvalue weighted by atomic mass is 10.1. The van der Waals surface area contributed by atoms with Gasteiger partial charge in [0.15, 0.2) is 15.5 Å². The maximum absolute atomic E-state index is 14.1. The lowest BCUT2D eigenvalue weighted by Crippen LogP contribution is -2.43. The van der Waals surface area contributed by atoms with E-state index in [1.165, 1.54) is 29.9 Å². The number of amides is 1. The molecular weight excluding hydrogens is 591 g/mol. The van der Waals surface area contributed by atoms with Gasteiger partial charge in [-0.25, -0.2) is 9.97 Å². The van der Waals surface area contributed by atoms with Crippen molar-refractivity contribution < 1.29 is 22.7 Å². The Balaban J connectivity index is 1.40. The van der Waals surface area contributed by atoms with E-state index in [0.717, 1.165) is 29.4 Å². The van der Waals surface area contributed by atoms with Gasteiger partial charge in [0.05, 0.1) is 19.2 Å². The number of rotatable bonds is 8. The molecule has 0 saturated carbocycles. The lowest BCUT2D eigenvalue weighted by molar-refractivity contribution is -0.137. The first-order valence-corrected chi connectivity index (χ1v) is 14.8. The van der Waals surface area contributed by atoms with Crippen LogP contribution in [0.4, 0.5) is 18.3 Å². The number of methoxy groups -OCH3 is 1. The van der Waals surface area contributed by atoms with E-state index in [-0.39, 0.29) is 34.2 Å². The van der Waals surface area contributed by atoms with Crippen LogP contribution in [0.1, 0.15) is 29.5 Å². The van der Waals surface area contributed by atoms with Crippen molar-refractivity contribution in [1.82, 2.24) is 19.9 Å². The summed E-state index contributed by atoms with van der Waals surface area (Å²) < 4.78 is 48.8. The average Bonchev–Trinajstić information content (AvgIpc) is 3.69. The quantitative estimate of drug-likeness (QED) is 0.233. The molecule has 1 aliphatic heterocycles. The molecule has 1 saturated heterocycles. The summed E-state index contributed by atoms with van der Waals surface area (Å²) in [7, 11) is 1.53. The van der Waals surface area contributed by atoms with Gasteiger partial charge in [0.1, 0.15) is 17.6 Å². The molecule has 1 amide bonds. The van der Waals surface area contributed by atoms with Gasteiger partial charge in [-0.05, 0) is 42.2 Å². The van der Waals surface area contributed by atoms with E-state index in [1.54, 1.807) is 24.3 Å². The molecule has 3 heterocycles. The molecule has 3 aromatic carbocycles. The number of benzene rings is 3. The van der Waals surface area contributed by atoms with Crippen LogP contribution in [0.2, 0.25) is 0 Å². The molecular formula is C32H28F3N5O3S. The fourth-order valence-electron chi connectivity index (χ4n) is 5.38. The van der Waals surface area contributed by atoms with Crippen LogP contribution in [0.5, 0.6) is 5.75 Å². The predicted octanol–water partition coefficient (Wildman–Crippen LogP) is 5.88. The van der Waals surface area contributed by atoms with Crippen molar-refractivity contribution in [2.45, 2.75) is 38.1 Å². The van der Waals surface area contributed by atoms with Crippen LogP contribution in [0.15, 0.2) is 83.7 Å². The fourth-order valence-corrected chi connectivity index (χ4v) is 6.39. The Morgan fingerprint density at radius 1 is 1.00 bits per heavy atom. The molecule has 1 aliphatic rings. The molecule has 0 bridgehead atoms. The van der Waals surface area contributed by atoms with Crippen LogP contribution in [0.25, 0.3) is 21.7 Å². The zero-order valence-corrected chi connectivity index (χ0v) is 24.5. The van der Waals surface area contributed by atoms with Crippen LogP contribution in [-0.4, -0.2) is 40.1 Å². The molecule has 1 unspecified atom stereocenters. The molecule has 0 radical (unpaired) electrons.